The zero-order valence-corrected chi connectivity index (χ0v) is 9.60. The normalized spacial score (nSPS) is 18.5. The maximum atomic E-state index is 6.23. The highest BCUT2D eigenvalue weighted by Crippen LogP contribution is 2.43. The molecule has 0 amide bonds. The first-order valence-corrected chi connectivity index (χ1v) is 5.30. The second kappa shape index (κ2) is 3.91. The largest absolute Gasteiger partial charge is 0.493 e. The Labute approximate surface area is 94.1 Å². The molecule has 1 unspecified atom stereocenters. The summed E-state index contributed by atoms with van der Waals surface area (Å²) in [6.45, 7) is 2.43. The molecular formula is C11H14ClNO2. The number of fused-ring (bicyclic) bond motifs is 1. The molecule has 0 radical (unpaired) electrons. The Morgan fingerprint density at radius 3 is 3.00 bits per heavy atom. The molecule has 0 aromatic heterocycles. The molecule has 2 N–H and O–H groups in total. The molecule has 1 heterocycles. The average molecular weight is 228 g/mol. The van der Waals surface area contributed by atoms with Gasteiger partial charge in [-0.15, -0.1) is 0 Å². The third-order valence-corrected chi connectivity index (χ3v) is 3.07. The highest BCUT2D eigenvalue weighted by molar-refractivity contribution is 6.32. The van der Waals surface area contributed by atoms with Crippen molar-refractivity contribution in [2.45, 2.75) is 26.0 Å². The van der Waals surface area contributed by atoms with Gasteiger partial charge in [0, 0.05) is 18.5 Å². The van der Waals surface area contributed by atoms with Crippen LogP contribution in [0.15, 0.2) is 6.07 Å². The van der Waals surface area contributed by atoms with E-state index in [2.05, 4.69) is 0 Å². The van der Waals surface area contributed by atoms with Crippen LogP contribution >= 0.6 is 11.6 Å². The van der Waals surface area contributed by atoms with Gasteiger partial charge in [0.1, 0.15) is 6.10 Å². The molecule has 2 rings (SSSR count). The van der Waals surface area contributed by atoms with E-state index < -0.39 is 0 Å². The van der Waals surface area contributed by atoms with Gasteiger partial charge in [0.25, 0.3) is 0 Å². The summed E-state index contributed by atoms with van der Waals surface area (Å²) >= 11 is 6.23. The van der Waals surface area contributed by atoms with Crippen molar-refractivity contribution in [3.05, 3.63) is 22.2 Å². The zero-order valence-electron chi connectivity index (χ0n) is 8.84. The highest BCUT2D eigenvalue weighted by atomic mass is 35.5. The number of hydrogen-bond donors (Lipinski definition) is 1. The Morgan fingerprint density at radius 1 is 1.67 bits per heavy atom. The number of halogens is 1. The maximum absolute atomic E-state index is 6.23. The van der Waals surface area contributed by atoms with Crippen LogP contribution in [0.25, 0.3) is 0 Å². The van der Waals surface area contributed by atoms with Crippen LogP contribution in [0, 0.1) is 0 Å². The van der Waals surface area contributed by atoms with Crippen molar-refractivity contribution >= 4 is 11.6 Å². The Hall–Kier alpha value is -0.930. The number of rotatable bonds is 2. The summed E-state index contributed by atoms with van der Waals surface area (Å²) in [6.07, 6.45) is 0.970. The lowest BCUT2D eigenvalue weighted by Gasteiger charge is -2.11. The van der Waals surface area contributed by atoms with Crippen LogP contribution in [0.4, 0.5) is 0 Å². The fourth-order valence-electron chi connectivity index (χ4n) is 1.87. The Morgan fingerprint density at radius 2 is 2.40 bits per heavy atom. The third-order valence-electron chi connectivity index (χ3n) is 2.60. The third kappa shape index (κ3) is 1.66. The van der Waals surface area contributed by atoms with Gasteiger partial charge in [-0.3, -0.25) is 0 Å². The van der Waals surface area contributed by atoms with Gasteiger partial charge in [-0.1, -0.05) is 11.6 Å². The quantitative estimate of drug-likeness (QED) is 0.842. The molecule has 0 aliphatic carbocycles. The molecule has 1 atom stereocenters. The molecule has 82 valence electrons. The van der Waals surface area contributed by atoms with Crippen molar-refractivity contribution < 1.29 is 9.47 Å². The fraction of sp³-hybridized carbons (Fsp3) is 0.455. The maximum Gasteiger partial charge on any atom is 0.166 e. The van der Waals surface area contributed by atoms with Crippen molar-refractivity contribution in [2.24, 2.45) is 5.73 Å². The summed E-state index contributed by atoms with van der Waals surface area (Å²) in [5, 5.41) is 0.720. The van der Waals surface area contributed by atoms with E-state index in [1.165, 1.54) is 0 Å². The first-order valence-electron chi connectivity index (χ1n) is 4.92. The van der Waals surface area contributed by atoms with Gasteiger partial charge < -0.3 is 15.2 Å². The Bertz CT molecular complexity index is 393. The van der Waals surface area contributed by atoms with Gasteiger partial charge in [-0.05, 0) is 18.6 Å². The minimum atomic E-state index is 0.152. The van der Waals surface area contributed by atoms with Crippen molar-refractivity contribution in [3.63, 3.8) is 0 Å². The summed E-state index contributed by atoms with van der Waals surface area (Å²) in [6, 6.07) is 1.85. The van der Waals surface area contributed by atoms with Crippen molar-refractivity contribution in [1.29, 1.82) is 0 Å². The molecule has 4 heteroatoms. The van der Waals surface area contributed by atoms with E-state index in [4.69, 9.17) is 26.8 Å². The van der Waals surface area contributed by atoms with Gasteiger partial charge >= 0.3 is 0 Å². The van der Waals surface area contributed by atoms with Crippen LogP contribution in [-0.4, -0.2) is 13.2 Å². The minimum absolute atomic E-state index is 0.152. The molecule has 0 fully saturated rings. The molecule has 15 heavy (non-hydrogen) atoms. The summed E-state index contributed by atoms with van der Waals surface area (Å²) in [7, 11) is 1.62. The topological polar surface area (TPSA) is 44.5 Å². The van der Waals surface area contributed by atoms with Crippen molar-refractivity contribution in [1.82, 2.24) is 0 Å². The first-order chi connectivity index (χ1) is 7.17. The number of benzene rings is 1. The van der Waals surface area contributed by atoms with E-state index in [1.807, 2.05) is 13.0 Å². The minimum Gasteiger partial charge on any atom is -0.493 e. The summed E-state index contributed by atoms with van der Waals surface area (Å²) in [5.74, 6) is 1.49. The second-order valence-corrected chi connectivity index (χ2v) is 4.07. The lowest BCUT2D eigenvalue weighted by Crippen LogP contribution is -2.05. The van der Waals surface area contributed by atoms with E-state index in [0.717, 1.165) is 34.1 Å². The average Bonchev–Trinajstić information content (AvgIpc) is 2.61. The van der Waals surface area contributed by atoms with E-state index in [1.54, 1.807) is 7.11 Å². The number of hydrogen-bond acceptors (Lipinski definition) is 3. The summed E-state index contributed by atoms with van der Waals surface area (Å²) < 4.78 is 10.9. The molecule has 0 bridgehead atoms. The van der Waals surface area contributed by atoms with E-state index in [0.29, 0.717) is 6.54 Å². The monoisotopic (exact) mass is 227 g/mol. The van der Waals surface area contributed by atoms with Gasteiger partial charge in [0.05, 0.1) is 12.1 Å². The van der Waals surface area contributed by atoms with Crippen LogP contribution in [0.3, 0.4) is 0 Å². The van der Waals surface area contributed by atoms with Gasteiger partial charge in [0.15, 0.2) is 11.5 Å². The van der Waals surface area contributed by atoms with E-state index in [9.17, 15) is 0 Å². The fourth-order valence-corrected chi connectivity index (χ4v) is 2.17. The second-order valence-electron chi connectivity index (χ2n) is 3.70. The van der Waals surface area contributed by atoms with Crippen molar-refractivity contribution in [2.75, 3.05) is 7.11 Å². The van der Waals surface area contributed by atoms with E-state index in [-0.39, 0.29) is 6.10 Å². The summed E-state index contributed by atoms with van der Waals surface area (Å²) in [4.78, 5) is 0. The Balaban J connectivity index is 2.58. The molecule has 1 aromatic carbocycles. The zero-order chi connectivity index (χ0) is 11.0. The van der Waals surface area contributed by atoms with Gasteiger partial charge in [-0.25, -0.2) is 0 Å². The van der Waals surface area contributed by atoms with E-state index >= 15 is 0 Å². The predicted molar refractivity (Wildman–Crippen MR) is 59.7 cm³/mol. The predicted octanol–water partition coefficient (Wildman–Crippen LogP) is 2.13. The summed E-state index contributed by atoms with van der Waals surface area (Å²) in [5.41, 5.74) is 7.55. The molecule has 1 aliphatic rings. The number of ether oxygens (including phenoxy) is 2. The highest BCUT2D eigenvalue weighted by Gasteiger charge is 2.27. The molecule has 0 saturated carbocycles. The van der Waals surface area contributed by atoms with Crippen LogP contribution in [0.2, 0.25) is 5.02 Å². The molecule has 0 saturated heterocycles. The Kier molecular flexibility index (Phi) is 2.76. The van der Waals surface area contributed by atoms with Crippen LogP contribution < -0.4 is 15.2 Å². The number of nitrogens with two attached hydrogens (primary N) is 1. The van der Waals surface area contributed by atoms with Gasteiger partial charge in [-0.2, -0.15) is 0 Å². The lowest BCUT2D eigenvalue weighted by atomic mass is 10.1. The molecule has 1 aromatic rings. The standard InChI is InChI=1S/C11H14ClNO2/c1-6-3-8-10(12)7(5-13)4-9(14-2)11(8)15-6/h4,6H,3,5,13H2,1-2H3. The lowest BCUT2D eigenvalue weighted by molar-refractivity contribution is 0.243. The molecular weight excluding hydrogens is 214 g/mol. The smallest absolute Gasteiger partial charge is 0.166 e. The van der Waals surface area contributed by atoms with Crippen LogP contribution in [0.5, 0.6) is 11.5 Å². The number of methoxy groups -OCH3 is 1. The molecule has 1 aliphatic heterocycles. The van der Waals surface area contributed by atoms with Crippen LogP contribution in [0.1, 0.15) is 18.1 Å². The molecule has 0 spiro atoms. The SMILES string of the molecule is COc1cc(CN)c(Cl)c2c1OC(C)C2. The molecule has 3 nitrogen and oxygen atoms in total. The van der Waals surface area contributed by atoms with Crippen LogP contribution in [-0.2, 0) is 13.0 Å². The first kappa shape index (κ1) is 10.6. The van der Waals surface area contributed by atoms with Gasteiger partial charge in [0.2, 0.25) is 0 Å². The van der Waals surface area contributed by atoms with Crippen molar-refractivity contribution in [3.8, 4) is 11.5 Å².